The van der Waals surface area contributed by atoms with Crippen LogP contribution in [0.25, 0.3) is 6.08 Å². The third kappa shape index (κ3) is 5.58. The number of hydrogen-bond acceptors (Lipinski definition) is 5. The first kappa shape index (κ1) is 14.4. The Bertz CT molecular complexity index is 440. The lowest BCUT2D eigenvalue weighted by atomic mass is 10.3. The fourth-order valence-electron chi connectivity index (χ4n) is 1.22. The van der Waals surface area contributed by atoms with E-state index in [9.17, 15) is 9.59 Å². The highest BCUT2D eigenvalue weighted by molar-refractivity contribution is 7.09. The van der Waals surface area contributed by atoms with Crippen LogP contribution in [0.5, 0.6) is 0 Å². The standard InChI is InChI=1S/C12H16N2O3S/c1-9-14-10(8-18-9)5-6-11(15)13-7-3-4-12(16)17-2/h5-6,8H,3-4,7H2,1-2H3,(H,13,15)/b6-5+. The Labute approximate surface area is 110 Å². The Morgan fingerprint density at radius 3 is 2.94 bits per heavy atom. The highest BCUT2D eigenvalue weighted by Crippen LogP contribution is 2.08. The monoisotopic (exact) mass is 268 g/mol. The molecule has 1 heterocycles. The molecule has 0 aliphatic carbocycles. The molecule has 0 radical (unpaired) electrons. The summed E-state index contributed by atoms with van der Waals surface area (Å²) in [5, 5.41) is 5.53. The van der Waals surface area contributed by atoms with E-state index < -0.39 is 0 Å². The van der Waals surface area contributed by atoms with Gasteiger partial charge in [0, 0.05) is 24.4 Å². The van der Waals surface area contributed by atoms with Crippen LogP contribution in [0.3, 0.4) is 0 Å². The van der Waals surface area contributed by atoms with Crippen LogP contribution in [0, 0.1) is 6.92 Å². The number of hydrogen-bond donors (Lipinski definition) is 1. The molecule has 0 unspecified atom stereocenters. The lowest BCUT2D eigenvalue weighted by Gasteiger charge is -2.00. The number of amides is 1. The molecule has 5 nitrogen and oxygen atoms in total. The van der Waals surface area contributed by atoms with Crippen LogP contribution in [0.15, 0.2) is 11.5 Å². The number of thiazole rings is 1. The van der Waals surface area contributed by atoms with E-state index >= 15 is 0 Å². The summed E-state index contributed by atoms with van der Waals surface area (Å²) >= 11 is 1.54. The second kappa shape index (κ2) is 7.60. The SMILES string of the molecule is COC(=O)CCCNC(=O)/C=C/c1csc(C)n1. The normalized spacial score (nSPS) is 10.6. The van der Waals surface area contributed by atoms with E-state index in [1.165, 1.54) is 24.5 Å². The number of nitrogens with one attached hydrogen (secondary N) is 1. The Kier molecular flexibility index (Phi) is 6.07. The summed E-state index contributed by atoms with van der Waals surface area (Å²) in [6.07, 6.45) is 3.99. The predicted octanol–water partition coefficient (Wildman–Crippen LogP) is 1.53. The Morgan fingerprint density at radius 2 is 2.33 bits per heavy atom. The largest absolute Gasteiger partial charge is 0.469 e. The van der Waals surface area contributed by atoms with E-state index in [1.54, 1.807) is 6.08 Å². The third-order valence-electron chi connectivity index (χ3n) is 2.13. The molecule has 1 rings (SSSR count). The average Bonchev–Trinajstić information content (AvgIpc) is 2.77. The highest BCUT2D eigenvalue weighted by atomic mass is 32.1. The number of carbonyl (C=O) groups is 2. The van der Waals surface area contributed by atoms with Gasteiger partial charge in [-0.25, -0.2) is 4.98 Å². The number of aromatic nitrogens is 1. The highest BCUT2D eigenvalue weighted by Gasteiger charge is 2.00. The number of rotatable bonds is 6. The topological polar surface area (TPSA) is 68.3 Å². The van der Waals surface area contributed by atoms with Gasteiger partial charge in [-0.05, 0) is 19.4 Å². The van der Waals surface area contributed by atoms with Crippen LogP contribution < -0.4 is 5.32 Å². The predicted molar refractivity (Wildman–Crippen MR) is 70.1 cm³/mol. The van der Waals surface area contributed by atoms with E-state index in [0.717, 1.165) is 10.7 Å². The summed E-state index contributed by atoms with van der Waals surface area (Å²) in [5.74, 6) is -0.455. The maximum Gasteiger partial charge on any atom is 0.305 e. The molecule has 0 spiro atoms. The van der Waals surface area contributed by atoms with Crippen molar-refractivity contribution in [3.05, 3.63) is 22.2 Å². The first-order valence-electron chi connectivity index (χ1n) is 5.56. The summed E-state index contributed by atoms with van der Waals surface area (Å²) in [4.78, 5) is 26.4. The summed E-state index contributed by atoms with van der Waals surface area (Å²) in [5.41, 5.74) is 0.780. The van der Waals surface area contributed by atoms with Gasteiger partial charge in [-0.3, -0.25) is 9.59 Å². The van der Waals surface area contributed by atoms with Crippen molar-refractivity contribution >= 4 is 29.3 Å². The minimum Gasteiger partial charge on any atom is -0.469 e. The fourth-order valence-corrected chi connectivity index (χ4v) is 1.80. The first-order valence-corrected chi connectivity index (χ1v) is 6.44. The number of nitrogens with zero attached hydrogens (tertiary/aromatic N) is 1. The maximum absolute atomic E-state index is 11.4. The van der Waals surface area contributed by atoms with Gasteiger partial charge in [0.2, 0.25) is 5.91 Å². The molecule has 0 aliphatic heterocycles. The molecule has 98 valence electrons. The molecule has 1 amide bonds. The molecule has 1 aromatic rings. The molecule has 0 saturated heterocycles. The van der Waals surface area contributed by atoms with Crippen molar-refractivity contribution in [3.63, 3.8) is 0 Å². The molecule has 0 aliphatic rings. The zero-order valence-electron chi connectivity index (χ0n) is 10.4. The number of aryl methyl sites for hydroxylation is 1. The number of methoxy groups -OCH3 is 1. The molecule has 6 heteroatoms. The van der Waals surface area contributed by atoms with Crippen LogP contribution in [0.2, 0.25) is 0 Å². The molecule has 0 atom stereocenters. The van der Waals surface area contributed by atoms with Gasteiger partial charge < -0.3 is 10.1 Å². The number of ether oxygens (including phenoxy) is 1. The summed E-state index contributed by atoms with van der Waals surface area (Å²) in [6.45, 7) is 2.36. The Hall–Kier alpha value is -1.69. The van der Waals surface area contributed by atoms with Crippen molar-refractivity contribution < 1.29 is 14.3 Å². The fraction of sp³-hybridized carbons (Fsp3) is 0.417. The van der Waals surface area contributed by atoms with Crippen molar-refractivity contribution in [2.24, 2.45) is 0 Å². The van der Waals surface area contributed by atoms with Crippen molar-refractivity contribution in [2.45, 2.75) is 19.8 Å². The molecule has 0 saturated carbocycles. The van der Waals surface area contributed by atoms with Gasteiger partial charge in [0.05, 0.1) is 17.8 Å². The Morgan fingerprint density at radius 1 is 1.56 bits per heavy atom. The molecule has 1 N–H and O–H groups in total. The number of esters is 1. The Balaban J connectivity index is 2.21. The van der Waals surface area contributed by atoms with E-state index in [1.807, 2.05) is 12.3 Å². The van der Waals surface area contributed by atoms with Gasteiger partial charge >= 0.3 is 5.97 Å². The molecule has 0 fully saturated rings. The smallest absolute Gasteiger partial charge is 0.305 e. The van der Waals surface area contributed by atoms with Crippen molar-refractivity contribution in [2.75, 3.05) is 13.7 Å². The van der Waals surface area contributed by atoms with Crippen LogP contribution in [0.1, 0.15) is 23.5 Å². The lowest BCUT2D eigenvalue weighted by Crippen LogP contribution is -2.22. The summed E-state index contributed by atoms with van der Waals surface area (Å²) in [6, 6.07) is 0. The molecule has 0 aromatic carbocycles. The lowest BCUT2D eigenvalue weighted by molar-refractivity contribution is -0.140. The average molecular weight is 268 g/mol. The van der Waals surface area contributed by atoms with Crippen molar-refractivity contribution in [1.82, 2.24) is 10.3 Å². The van der Waals surface area contributed by atoms with Crippen LogP contribution in [-0.2, 0) is 14.3 Å². The van der Waals surface area contributed by atoms with Gasteiger partial charge in [0.15, 0.2) is 0 Å². The van der Waals surface area contributed by atoms with Gasteiger partial charge in [-0.1, -0.05) is 0 Å². The third-order valence-corrected chi connectivity index (χ3v) is 2.92. The molecular formula is C12H16N2O3S. The first-order chi connectivity index (χ1) is 8.61. The van der Waals surface area contributed by atoms with E-state index in [4.69, 9.17) is 0 Å². The van der Waals surface area contributed by atoms with Crippen molar-refractivity contribution in [3.8, 4) is 0 Å². The summed E-state index contributed by atoms with van der Waals surface area (Å²) in [7, 11) is 1.35. The van der Waals surface area contributed by atoms with E-state index in [-0.39, 0.29) is 11.9 Å². The number of carbonyl (C=O) groups excluding carboxylic acids is 2. The maximum atomic E-state index is 11.4. The second-order valence-corrected chi connectivity index (χ2v) is 4.66. The summed E-state index contributed by atoms with van der Waals surface area (Å²) < 4.78 is 4.49. The van der Waals surface area contributed by atoms with Crippen LogP contribution in [0.4, 0.5) is 0 Å². The second-order valence-electron chi connectivity index (χ2n) is 3.60. The molecule has 1 aromatic heterocycles. The van der Waals surface area contributed by atoms with Gasteiger partial charge in [-0.15, -0.1) is 11.3 Å². The van der Waals surface area contributed by atoms with E-state index in [2.05, 4.69) is 15.0 Å². The van der Waals surface area contributed by atoms with E-state index in [0.29, 0.717) is 19.4 Å². The molecule has 0 bridgehead atoms. The zero-order valence-corrected chi connectivity index (χ0v) is 11.3. The van der Waals surface area contributed by atoms with Crippen molar-refractivity contribution in [1.29, 1.82) is 0 Å². The quantitative estimate of drug-likeness (QED) is 0.482. The minimum atomic E-state index is -0.266. The zero-order chi connectivity index (χ0) is 13.4. The molecular weight excluding hydrogens is 252 g/mol. The van der Waals surface area contributed by atoms with Crippen LogP contribution >= 0.6 is 11.3 Å². The van der Waals surface area contributed by atoms with Crippen LogP contribution in [-0.4, -0.2) is 30.5 Å². The van der Waals surface area contributed by atoms with Gasteiger partial charge in [-0.2, -0.15) is 0 Å². The van der Waals surface area contributed by atoms with Gasteiger partial charge in [0.1, 0.15) is 0 Å². The van der Waals surface area contributed by atoms with Gasteiger partial charge in [0.25, 0.3) is 0 Å². The minimum absolute atomic E-state index is 0.189. The molecule has 18 heavy (non-hydrogen) atoms.